The lowest BCUT2D eigenvalue weighted by atomic mass is 10.1. The van der Waals surface area contributed by atoms with E-state index in [-0.39, 0.29) is 4.90 Å². The Morgan fingerprint density at radius 3 is 2.62 bits per heavy atom. The second-order valence-corrected chi connectivity index (χ2v) is 7.77. The van der Waals surface area contributed by atoms with Crippen LogP contribution in [0, 0.1) is 5.92 Å². The molecule has 0 bridgehead atoms. The van der Waals surface area contributed by atoms with Crippen LogP contribution < -0.4 is 15.8 Å². The Morgan fingerprint density at radius 1 is 1.25 bits per heavy atom. The summed E-state index contributed by atoms with van der Waals surface area (Å²) >= 11 is 0. The van der Waals surface area contributed by atoms with E-state index in [1.54, 1.807) is 12.1 Å². The summed E-state index contributed by atoms with van der Waals surface area (Å²) in [5.74, 6) is 1.47. The lowest BCUT2D eigenvalue weighted by Crippen LogP contribution is -2.37. The second kappa shape index (κ2) is 10.3. The number of sulfonamides is 1. The summed E-state index contributed by atoms with van der Waals surface area (Å²) in [6.45, 7) is 8.51. The highest BCUT2D eigenvalue weighted by Gasteiger charge is 2.07. The van der Waals surface area contributed by atoms with Crippen LogP contribution in [-0.2, 0) is 16.6 Å². The summed E-state index contributed by atoms with van der Waals surface area (Å²) in [5, 5.41) is 11.7. The second-order valence-electron chi connectivity index (χ2n) is 6.20. The number of guanidine groups is 1. The highest BCUT2D eigenvalue weighted by atomic mass is 32.2. The summed E-state index contributed by atoms with van der Waals surface area (Å²) in [6, 6.07) is 6.56. The van der Waals surface area contributed by atoms with Gasteiger partial charge < -0.3 is 10.6 Å². The number of benzene rings is 1. The third-order valence-electron chi connectivity index (χ3n) is 3.49. The zero-order valence-corrected chi connectivity index (χ0v) is 15.7. The van der Waals surface area contributed by atoms with Gasteiger partial charge in [-0.05, 0) is 37.0 Å². The SMILES string of the molecule is CCNC(=NCc1cccc(S(N)(=O)=O)c1)NCCCCC(C)C. The van der Waals surface area contributed by atoms with E-state index in [0.717, 1.165) is 37.0 Å². The van der Waals surface area contributed by atoms with Crippen LogP contribution in [0.5, 0.6) is 0 Å². The van der Waals surface area contributed by atoms with Crippen LogP contribution in [0.3, 0.4) is 0 Å². The van der Waals surface area contributed by atoms with Crippen LogP contribution in [-0.4, -0.2) is 27.5 Å². The van der Waals surface area contributed by atoms with Gasteiger partial charge in [0.05, 0.1) is 11.4 Å². The first-order valence-corrected chi connectivity index (χ1v) is 10.0. The van der Waals surface area contributed by atoms with Gasteiger partial charge in [-0.25, -0.2) is 18.5 Å². The molecule has 1 aromatic rings. The molecule has 0 aliphatic carbocycles. The molecule has 0 saturated carbocycles. The topological polar surface area (TPSA) is 96.6 Å². The van der Waals surface area contributed by atoms with E-state index in [9.17, 15) is 8.42 Å². The third-order valence-corrected chi connectivity index (χ3v) is 4.40. The number of unbranched alkanes of at least 4 members (excludes halogenated alkanes) is 1. The molecule has 0 amide bonds. The number of nitrogens with two attached hydrogens (primary N) is 1. The molecular formula is C17H30N4O2S. The molecule has 1 aromatic carbocycles. The fourth-order valence-corrected chi connectivity index (χ4v) is 2.80. The standard InChI is InChI=1S/C17H30N4O2S/c1-4-19-17(20-11-6-5-8-14(2)3)21-13-15-9-7-10-16(12-15)24(18,22)23/h7,9-10,12,14H,4-6,8,11,13H2,1-3H3,(H2,18,22,23)(H2,19,20,21). The molecule has 0 atom stereocenters. The van der Waals surface area contributed by atoms with Gasteiger partial charge in [-0.15, -0.1) is 0 Å². The summed E-state index contributed by atoms with van der Waals surface area (Å²) < 4.78 is 22.8. The minimum Gasteiger partial charge on any atom is -0.357 e. The van der Waals surface area contributed by atoms with Crippen molar-refractivity contribution in [2.75, 3.05) is 13.1 Å². The number of nitrogens with one attached hydrogen (secondary N) is 2. The minimum atomic E-state index is -3.68. The first-order valence-electron chi connectivity index (χ1n) is 8.47. The summed E-state index contributed by atoms with van der Waals surface area (Å²) in [6.07, 6.45) is 3.53. The Morgan fingerprint density at radius 2 is 2.00 bits per heavy atom. The lowest BCUT2D eigenvalue weighted by Gasteiger charge is -2.12. The van der Waals surface area contributed by atoms with Crippen LogP contribution in [0.1, 0.15) is 45.6 Å². The van der Waals surface area contributed by atoms with Gasteiger partial charge in [0.15, 0.2) is 5.96 Å². The molecule has 0 heterocycles. The maximum atomic E-state index is 11.4. The smallest absolute Gasteiger partial charge is 0.238 e. The quantitative estimate of drug-likeness (QED) is 0.360. The molecule has 24 heavy (non-hydrogen) atoms. The summed E-state index contributed by atoms with van der Waals surface area (Å²) in [4.78, 5) is 4.61. The monoisotopic (exact) mass is 354 g/mol. The molecule has 0 fully saturated rings. The molecule has 136 valence electrons. The maximum absolute atomic E-state index is 11.4. The van der Waals surface area contributed by atoms with Crippen molar-refractivity contribution in [3.05, 3.63) is 29.8 Å². The number of rotatable bonds is 9. The molecular weight excluding hydrogens is 324 g/mol. The van der Waals surface area contributed by atoms with Crippen molar-refractivity contribution in [3.8, 4) is 0 Å². The Kier molecular flexibility index (Phi) is 8.78. The normalized spacial score (nSPS) is 12.5. The first kappa shape index (κ1) is 20.4. The zero-order chi connectivity index (χ0) is 18.0. The number of primary sulfonamides is 1. The largest absolute Gasteiger partial charge is 0.357 e. The number of aliphatic imine (C=N–C) groups is 1. The average Bonchev–Trinajstić information content (AvgIpc) is 2.51. The van der Waals surface area contributed by atoms with E-state index >= 15 is 0 Å². The van der Waals surface area contributed by atoms with Crippen molar-refractivity contribution in [1.82, 2.24) is 10.6 Å². The van der Waals surface area contributed by atoms with E-state index in [1.165, 1.54) is 18.9 Å². The van der Waals surface area contributed by atoms with Crippen LogP contribution in [0.4, 0.5) is 0 Å². The van der Waals surface area contributed by atoms with Crippen molar-refractivity contribution in [3.63, 3.8) is 0 Å². The summed E-state index contributed by atoms with van der Waals surface area (Å²) in [7, 11) is -3.68. The van der Waals surface area contributed by atoms with Crippen LogP contribution in [0.15, 0.2) is 34.2 Å². The van der Waals surface area contributed by atoms with E-state index in [4.69, 9.17) is 5.14 Å². The molecule has 0 saturated heterocycles. The van der Waals surface area contributed by atoms with Crippen molar-refractivity contribution >= 4 is 16.0 Å². The van der Waals surface area contributed by atoms with Crippen LogP contribution in [0.25, 0.3) is 0 Å². The van der Waals surface area contributed by atoms with Gasteiger partial charge in [0.25, 0.3) is 0 Å². The molecule has 0 aliphatic rings. The van der Waals surface area contributed by atoms with E-state index in [0.29, 0.717) is 6.54 Å². The van der Waals surface area contributed by atoms with Crippen molar-refractivity contribution in [1.29, 1.82) is 0 Å². The van der Waals surface area contributed by atoms with E-state index in [1.807, 2.05) is 13.0 Å². The van der Waals surface area contributed by atoms with Gasteiger partial charge in [-0.1, -0.05) is 38.8 Å². The Bertz CT molecular complexity index is 627. The van der Waals surface area contributed by atoms with Gasteiger partial charge in [0.1, 0.15) is 0 Å². The van der Waals surface area contributed by atoms with E-state index < -0.39 is 10.0 Å². The molecule has 6 nitrogen and oxygen atoms in total. The maximum Gasteiger partial charge on any atom is 0.238 e. The van der Waals surface area contributed by atoms with Crippen molar-refractivity contribution < 1.29 is 8.42 Å². The molecule has 0 spiro atoms. The Balaban J connectivity index is 2.59. The highest BCUT2D eigenvalue weighted by molar-refractivity contribution is 7.89. The number of hydrogen-bond donors (Lipinski definition) is 3. The molecule has 0 unspecified atom stereocenters. The van der Waals surface area contributed by atoms with Crippen LogP contribution >= 0.6 is 0 Å². The fraction of sp³-hybridized carbons (Fsp3) is 0.588. The lowest BCUT2D eigenvalue weighted by molar-refractivity contribution is 0.534. The molecule has 4 N–H and O–H groups in total. The van der Waals surface area contributed by atoms with Gasteiger partial charge in [-0.3, -0.25) is 0 Å². The molecule has 1 rings (SSSR count). The minimum absolute atomic E-state index is 0.113. The Labute approximate surface area is 146 Å². The molecule has 7 heteroatoms. The predicted molar refractivity (Wildman–Crippen MR) is 99.3 cm³/mol. The van der Waals surface area contributed by atoms with Gasteiger partial charge >= 0.3 is 0 Å². The molecule has 0 aromatic heterocycles. The number of hydrogen-bond acceptors (Lipinski definition) is 3. The van der Waals surface area contributed by atoms with Crippen molar-refractivity contribution in [2.24, 2.45) is 16.0 Å². The predicted octanol–water partition coefficient (Wildman–Crippen LogP) is 2.22. The average molecular weight is 355 g/mol. The zero-order valence-electron chi connectivity index (χ0n) is 14.9. The van der Waals surface area contributed by atoms with E-state index in [2.05, 4.69) is 29.5 Å². The summed E-state index contributed by atoms with van der Waals surface area (Å²) in [5.41, 5.74) is 0.804. The highest BCUT2D eigenvalue weighted by Crippen LogP contribution is 2.10. The fourth-order valence-electron chi connectivity index (χ4n) is 2.22. The molecule has 0 aliphatic heterocycles. The third kappa shape index (κ3) is 8.31. The number of nitrogens with zero attached hydrogens (tertiary/aromatic N) is 1. The Hall–Kier alpha value is -1.60. The van der Waals surface area contributed by atoms with Gasteiger partial charge in [-0.2, -0.15) is 0 Å². The first-order chi connectivity index (χ1) is 11.3. The van der Waals surface area contributed by atoms with Gasteiger partial charge in [0, 0.05) is 13.1 Å². The van der Waals surface area contributed by atoms with Crippen molar-refractivity contribution in [2.45, 2.75) is 51.5 Å². The molecule has 0 radical (unpaired) electrons. The van der Waals surface area contributed by atoms with Gasteiger partial charge in [0.2, 0.25) is 10.0 Å². The van der Waals surface area contributed by atoms with Crippen LogP contribution in [0.2, 0.25) is 0 Å².